The van der Waals surface area contributed by atoms with Crippen LogP contribution in [0.2, 0.25) is 0 Å². The van der Waals surface area contributed by atoms with Gasteiger partial charge < -0.3 is 30.0 Å². The van der Waals surface area contributed by atoms with Gasteiger partial charge in [-0.1, -0.05) is 19.9 Å². The molecule has 0 radical (unpaired) electrons. The summed E-state index contributed by atoms with van der Waals surface area (Å²) in [6.07, 6.45) is 4.94. The first kappa shape index (κ1) is 31.1. The van der Waals surface area contributed by atoms with Gasteiger partial charge in [-0.15, -0.1) is 0 Å². The van der Waals surface area contributed by atoms with Crippen LogP contribution in [0.15, 0.2) is 35.3 Å². The molecular weight excluding hydrogens is 484 g/mol. The Morgan fingerprint density at radius 1 is 1.11 bits per heavy atom. The first-order valence-corrected chi connectivity index (χ1v) is 12.0. The molecule has 0 aliphatic heterocycles. The van der Waals surface area contributed by atoms with Crippen LogP contribution in [0.1, 0.15) is 47.0 Å². The molecule has 3 amide bonds. The van der Waals surface area contributed by atoms with Crippen molar-refractivity contribution >= 4 is 35.3 Å². The highest BCUT2D eigenvalue weighted by atomic mass is 16.5. The summed E-state index contributed by atoms with van der Waals surface area (Å²) in [4.78, 5) is 73.1. The SMILES string of the molecule is CCOC(=O)C=CCCC(NC(C)=O)C(=O)Nc1cccn(CC(=O)NC(CC(C)C)C(=O)OC)c1=O. The van der Waals surface area contributed by atoms with E-state index in [4.69, 9.17) is 9.47 Å². The normalized spacial score (nSPS) is 12.5. The second-order valence-electron chi connectivity index (χ2n) is 8.60. The number of carbonyl (C=O) groups is 5. The second kappa shape index (κ2) is 15.9. The van der Waals surface area contributed by atoms with Crippen LogP contribution in [0.4, 0.5) is 5.69 Å². The highest BCUT2D eigenvalue weighted by molar-refractivity contribution is 5.96. The van der Waals surface area contributed by atoms with Crippen molar-refractivity contribution in [1.82, 2.24) is 15.2 Å². The molecule has 1 aromatic heterocycles. The van der Waals surface area contributed by atoms with Crippen LogP contribution in [-0.4, -0.2) is 60.0 Å². The quantitative estimate of drug-likeness (QED) is 0.241. The van der Waals surface area contributed by atoms with Gasteiger partial charge in [-0.25, -0.2) is 9.59 Å². The minimum Gasteiger partial charge on any atom is -0.467 e. The first-order valence-electron chi connectivity index (χ1n) is 12.0. The minimum atomic E-state index is -0.974. The molecule has 2 atom stereocenters. The van der Waals surface area contributed by atoms with E-state index < -0.39 is 47.3 Å². The van der Waals surface area contributed by atoms with Crippen LogP contribution < -0.4 is 21.5 Å². The molecule has 1 aromatic rings. The minimum absolute atomic E-state index is 0.0931. The maximum absolute atomic E-state index is 12.9. The van der Waals surface area contributed by atoms with Crippen LogP contribution >= 0.6 is 0 Å². The van der Waals surface area contributed by atoms with E-state index in [0.717, 1.165) is 4.57 Å². The number of anilines is 1. The van der Waals surface area contributed by atoms with E-state index in [2.05, 4.69) is 16.0 Å². The number of nitrogens with one attached hydrogen (secondary N) is 3. The van der Waals surface area contributed by atoms with Crippen molar-refractivity contribution in [3.8, 4) is 0 Å². The third-order valence-corrected chi connectivity index (χ3v) is 4.98. The van der Waals surface area contributed by atoms with Crippen LogP contribution in [0.25, 0.3) is 0 Å². The van der Waals surface area contributed by atoms with E-state index in [0.29, 0.717) is 6.42 Å². The van der Waals surface area contributed by atoms with E-state index in [1.807, 2.05) is 13.8 Å². The molecular formula is C25H36N4O8. The number of hydrogen-bond acceptors (Lipinski definition) is 8. The lowest BCUT2D eigenvalue weighted by Crippen LogP contribution is -2.45. The van der Waals surface area contributed by atoms with Crippen molar-refractivity contribution in [2.45, 2.75) is 65.6 Å². The molecule has 0 saturated heterocycles. The van der Waals surface area contributed by atoms with Gasteiger partial charge >= 0.3 is 11.9 Å². The Kier molecular flexibility index (Phi) is 13.4. The summed E-state index contributed by atoms with van der Waals surface area (Å²) in [6, 6.07) is 1.02. The molecule has 0 aliphatic carbocycles. The number of rotatable bonds is 14. The Balaban J connectivity index is 2.91. The van der Waals surface area contributed by atoms with Crippen LogP contribution in [0.3, 0.4) is 0 Å². The lowest BCUT2D eigenvalue weighted by Gasteiger charge is -2.19. The Labute approximate surface area is 215 Å². The average molecular weight is 521 g/mol. The zero-order valence-corrected chi connectivity index (χ0v) is 21.9. The van der Waals surface area contributed by atoms with Crippen molar-refractivity contribution in [3.05, 3.63) is 40.8 Å². The molecule has 0 aromatic carbocycles. The van der Waals surface area contributed by atoms with Gasteiger partial charge in [0.25, 0.3) is 5.56 Å². The number of nitrogens with zero attached hydrogens (tertiary/aromatic N) is 1. The van der Waals surface area contributed by atoms with Gasteiger partial charge in [0.2, 0.25) is 17.7 Å². The zero-order valence-electron chi connectivity index (χ0n) is 21.9. The summed E-state index contributed by atoms with van der Waals surface area (Å²) in [5.41, 5.74) is -0.738. The monoisotopic (exact) mass is 520 g/mol. The molecule has 2 unspecified atom stereocenters. The van der Waals surface area contributed by atoms with Gasteiger partial charge in [-0.05, 0) is 44.2 Å². The standard InChI is InChI=1S/C25H36N4O8/c1-6-37-22(32)12-8-7-10-18(26-17(4)30)23(33)28-19-11-9-13-29(24(19)34)15-21(31)27-20(14-16(2)3)25(35)36-5/h8-9,11-13,16,18,20H,6-7,10,14-15H2,1-5H3,(H,26,30)(H,27,31)(H,28,33). The Hall–Kier alpha value is -3.96. The van der Waals surface area contributed by atoms with E-state index in [9.17, 15) is 28.8 Å². The summed E-state index contributed by atoms with van der Waals surface area (Å²) in [7, 11) is 1.23. The Bertz CT molecular complexity index is 1050. The number of allylic oxidation sites excluding steroid dienone is 1. The van der Waals surface area contributed by atoms with Gasteiger partial charge in [0.1, 0.15) is 24.3 Å². The maximum atomic E-state index is 12.9. The first-order chi connectivity index (χ1) is 17.5. The summed E-state index contributed by atoms with van der Waals surface area (Å²) in [5, 5.41) is 7.57. The molecule has 1 rings (SSSR count). The van der Waals surface area contributed by atoms with Crippen molar-refractivity contribution in [1.29, 1.82) is 0 Å². The highest BCUT2D eigenvalue weighted by Gasteiger charge is 2.23. The molecule has 0 aliphatic rings. The van der Waals surface area contributed by atoms with Crippen molar-refractivity contribution in [3.63, 3.8) is 0 Å². The van der Waals surface area contributed by atoms with Crippen molar-refractivity contribution in [2.24, 2.45) is 5.92 Å². The number of ether oxygens (including phenoxy) is 2. The summed E-state index contributed by atoms with van der Waals surface area (Å²) < 4.78 is 10.6. The highest BCUT2D eigenvalue weighted by Crippen LogP contribution is 2.07. The van der Waals surface area contributed by atoms with Gasteiger partial charge in [0.05, 0.1) is 13.7 Å². The van der Waals surface area contributed by atoms with Gasteiger partial charge in [-0.2, -0.15) is 0 Å². The number of esters is 2. The predicted octanol–water partition coefficient (Wildman–Crippen LogP) is 0.895. The average Bonchev–Trinajstić information content (AvgIpc) is 2.82. The number of amides is 3. The molecule has 0 fully saturated rings. The van der Waals surface area contributed by atoms with Crippen molar-refractivity contribution < 1.29 is 33.4 Å². The van der Waals surface area contributed by atoms with E-state index in [1.165, 1.54) is 44.5 Å². The fraction of sp³-hybridized carbons (Fsp3) is 0.520. The third kappa shape index (κ3) is 11.5. The fourth-order valence-corrected chi connectivity index (χ4v) is 3.35. The van der Waals surface area contributed by atoms with E-state index in [-0.39, 0.29) is 37.6 Å². The molecule has 1 heterocycles. The zero-order chi connectivity index (χ0) is 28.0. The smallest absolute Gasteiger partial charge is 0.330 e. The van der Waals surface area contributed by atoms with Gasteiger partial charge in [0.15, 0.2) is 0 Å². The fourth-order valence-electron chi connectivity index (χ4n) is 3.35. The van der Waals surface area contributed by atoms with Gasteiger partial charge in [-0.3, -0.25) is 19.2 Å². The lowest BCUT2D eigenvalue weighted by atomic mass is 10.0. The number of pyridine rings is 1. The second-order valence-corrected chi connectivity index (χ2v) is 8.60. The Morgan fingerprint density at radius 3 is 2.41 bits per heavy atom. The predicted molar refractivity (Wildman–Crippen MR) is 135 cm³/mol. The van der Waals surface area contributed by atoms with Crippen LogP contribution in [0.5, 0.6) is 0 Å². The lowest BCUT2D eigenvalue weighted by molar-refractivity contribution is -0.145. The molecule has 3 N–H and O–H groups in total. The van der Waals surface area contributed by atoms with E-state index in [1.54, 1.807) is 6.92 Å². The van der Waals surface area contributed by atoms with E-state index >= 15 is 0 Å². The number of aromatic nitrogens is 1. The number of methoxy groups -OCH3 is 1. The van der Waals surface area contributed by atoms with Crippen molar-refractivity contribution in [2.75, 3.05) is 19.0 Å². The molecule has 37 heavy (non-hydrogen) atoms. The summed E-state index contributed by atoms with van der Waals surface area (Å²) in [5.74, 6) is -2.65. The third-order valence-electron chi connectivity index (χ3n) is 4.98. The topological polar surface area (TPSA) is 162 Å². The molecule has 0 saturated carbocycles. The molecule has 0 spiro atoms. The molecule has 12 heteroatoms. The number of carbonyl (C=O) groups excluding carboxylic acids is 5. The summed E-state index contributed by atoms with van der Waals surface area (Å²) in [6.45, 7) is 6.57. The number of hydrogen-bond donors (Lipinski definition) is 3. The molecule has 0 bridgehead atoms. The largest absolute Gasteiger partial charge is 0.467 e. The van der Waals surface area contributed by atoms with Crippen LogP contribution in [0, 0.1) is 5.92 Å². The molecule has 204 valence electrons. The molecule has 12 nitrogen and oxygen atoms in total. The Morgan fingerprint density at radius 2 is 1.81 bits per heavy atom. The van der Waals surface area contributed by atoms with Crippen LogP contribution in [-0.2, 0) is 40.0 Å². The van der Waals surface area contributed by atoms with Gasteiger partial charge in [0, 0.05) is 19.2 Å². The maximum Gasteiger partial charge on any atom is 0.330 e. The summed E-state index contributed by atoms with van der Waals surface area (Å²) >= 11 is 0.